The number of ether oxygens (including phenoxy) is 1. The van der Waals surface area contributed by atoms with E-state index in [1.165, 1.54) is 12.1 Å². The molecule has 110 valence electrons. The summed E-state index contributed by atoms with van der Waals surface area (Å²) in [6.45, 7) is 0.452. The van der Waals surface area contributed by atoms with Crippen LogP contribution >= 0.6 is 0 Å². The molecule has 0 bridgehead atoms. The maximum Gasteiger partial charge on any atom is 0.387 e. The highest BCUT2D eigenvalue weighted by molar-refractivity contribution is 5.82. The van der Waals surface area contributed by atoms with Gasteiger partial charge in [0, 0.05) is 6.54 Å². The maximum atomic E-state index is 12.0. The number of alkyl halides is 2. The summed E-state index contributed by atoms with van der Waals surface area (Å²) in [4.78, 5) is 11.9. The van der Waals surface area contributed by atoms with E-state index in [0.29, 0.717) is 12.5 Å². The predicted octanol–water partition coefficient (Wildman–Crippen LogP) is 1.90. The lowest BCUT2D eigenvalue weighted by molar-refractivity contribution is -0.123. The van der Waals surface area contributed by atoms with Crippen molar-refractivity contribution >= 4 is 5.91 Å². The molecular formula is C14H18F2N2O2. The van der Waals surface area contributed by atoms with Crippen LogP contribution in [0.3, 0.4) is 0 Å². The Bertz CT molecular complexity index is 451. The van der Waals surface area contributed by atoms with E-state index in [1.807, 2.05) is 6.92 Å². The first kappa shape index (κ1) is 14.7. The Hall–Kier alpha value is -1.69. The molecule has 6 heteroatoms. The van der Waals surface area contributed by atoms with Crippen LogP contribution in [0.25, 0.3) is 0 Å². The molecule has 1 aliphatic heterocycles. The van der Waals surface area contributed by atoms with Crippen molar-refractivity contribution in [1.82, 2.24) is 10.6 Å². The second-order valence-electron chi connectivity index (χ2n) is 4.94. The largest absolute Gasteiger partial charge is 0.435 e. The van der Waals surface area contributed by atoms with Gasteiger partial charge in [-0.15, -0.1) is 0 Å². The van der Waals surface area contributed by atoms with Crippen molar-refractivity contribution in [2.45, 2.75) is 32.5 Å². The molecule has 4 nitrogen and oxygen atoms in total. The van der Waals surface area contributed by atoms with Crippen LogP contribution in [0.5, 0.6) is 5.75 Å². The first-order valence-corrected chi connectivity index (χ1v) is 6.61. The molecule has 2 rings (SSSR count). The van der Waals surface area contributed by atoms with Crippen molar-refractivity contribution in [2.75, 3.05) is 6.54 Å². The molecule has 0 aromatic heterocycles. The van der Waals surface area contributed by atoms with Gasteiger partial charge in [0.1, 0.15) is 5.75 Å². The second-order valence-corrected chi connectivity index (χ2v) is 4.94. The van der Waals surface area contributed by atoms with Gasteiger partial charge in [0.15, 0.2) is 0 Å². The fourth-order valence-corrected chi connectivity index (χ4v) is 2.27. The lowest BCUT2D eigenvalue weighted by Gasteiger charge is -2.15. The van der Waals surface area contributed by atoms with E-state index in [2.05, 4.69) is 15.4 Å². The number of hydrogen-bond donors (Lipinski definition) is 2. The second kappa shape index (κ2) is 6.65. The molecule has 2 unspecified atom stereocenters. The summed E-state index contributed by atoms with van der Waals surface area (Å²) < 4.78 is 28.3. The zero-order valence-corrected chi connectivity index (χ0v) is 11.2. The predicted molar refractivity (Wildman–Crippen MR) is 70.5 cm³/mol. The molecule has 20 heavy (non-hydrogen) atoms. The van der Waals surface area contributed by atoms with Crippen molar-refractivity contribution < 1.29 is 18.3 Å². The first-order chi connectivity index (χ1) is 9.56. The van der Waals surface area contributed by atoms with Crippen molar-refractivity contribution in [1.29, 1.82) is 0 Å². The van der Waals surface area contributed by atoms with Gasteiger partial charge < -0.3 is 15.4 Å². The van der Waals surface area contributed by atoms with Gasteiger partial charge in [-0.2, -0.15) is 8.78 Å². The normalized spacial score (nSPS) is 22.0. The van der Waals surface area contributed by atoms with E-state index >= 15 is 0 Å². The van der Waals surface area contributed by atoms with Gasteiger partial charge in [0.25, 0.3) is 0 Å². The van der Waals surface area contributed by atoms with Gasteiger partial charge in [-0.05, 0) is 36.6 Å². The molecule has 0 saturated carbocycles. The van der Waals surface area contributed by atoms with E-state index in [-0.39, 0.29) is 17.7 Å². The van der Waals surface area contributed by atoms with Gasteiger partial charge in [0.2, 0.25) is 5.91 Å². The minimum absolute atomic E-state index is 0.0251. The van der Waals surface area contributed by atoms with Gasteiger partial charge >= 0.3 is 6.61 Å². The Labute approximate surface area is 116 Å². The zero-order chi connectivity index (χ0) is 14.5. The highest BCUT2D eigenvalue weighted by atomic mass is 19.3. The SMILES string of the molecule is CC1CCNC1C(=O)NCc1ccc(OC(F)F)cc1. The summed E-state index contributed by atoms with van der Waals surface area (Å²) in [5, 5.41) is 6.00. The quantitative estimate of drug-likeness (QED) is 0.868. The summed E-state index contributed by atoms with van der Waals surface area (Å²) in [6, 6.07) is 6.10. The smallest absolute Gasteiger partial charge is 0.387 e. The van der Waals surface area contributed by atoms with Crippen molar-refractivity contribution in [2.24, 2.45) is 5.92 Å². The molecule has 1 aromatic rings. The lowest BCUT2D eigenvalue weighted by atomic mass is 10.0. The summed E-state index contributed by atoms with van der Waals surface area (Å²) >= 11 is 0. The Morgan fingerprint density at radius 3 is 2.70 bits per heavy atom. The molecule has 1 amide bonds. The number of hydrogen-bond acceptors (Lipinski definition) is 3. The van der Waals surface area contributed by atoms with Gasteiger partial charge in [-0.1, -0.05) is 19.1 Å². The third-order valence-electron chi connectivity index (χ3n) is 3.43. The topological polar surface area (TPSA) is 50.4 Å². The van der Waals surface area contributed by atoms with Crippen molar-refractivity contribution in [3.63, 3.8) is 0 Å². The van der Waals surface area contributed by atoms with Crippen molar-refractivity contribution in [3.05, 3.63) is 29.8 Å². The highest BCUT2D eigenvalue weighted by Gasteiger charge is 2.28. The van der Waals surface area contributed by atoms with Crippen LogP contribution in [-0.2, 0) is 11.3 Å². The summed E-state index contributed by atoms with van der Waals surface area (Å²) in [5.74, 6) is 0.417. The summed E-state index contributed by atoms with van der Waals surface area (Å²) in [7, 11) is 0. The zero-order valence-electron chi connectivity index (χ0n) is 11.2. The third kappa shape index (κ3) is 3.90. The number of carbonyl (C=O) groups is 1. The first-order valence-electron chi connectivity index (χ1n) is 6.61. The van der Waals surface area contributed by atoms with Crippen LogP contribution in [0.4, 0.5) is 8.78 Å². The van der Waals surface area contributed by atoms with E-state index < -0.39 is 6.61 Å². The molecule has 1 aliphatic rings. The fraction of sp³-hybridized carbons (Fsp3) is 0.500. The Morgan fingerprint density at radius 2 is 2.15 bits per heavy atom. The molecule has 1 saturated heterocycles. The maximum absolute atomic E-state index is 12.0. The van der Waals surface area contributed by atoms with Gasteiger partial charge in [-0.3, -0.25) is 4.79 Å². The molecule has 0 radical (unpaired) electrons. The highest BCUT2D eigenvalue weighted by Crippen LogP contribution is 2.16. The van der Waals surface area contributed by atoms with E-state index in [9.17, 15) is 13.6 Å². The number of carbonyl (C=O) groups excluding carboxylic acids is 1. The molecular weight excluding hydrogens is 266 g/mol. The fourth-order valence-electron chi connectivity index (χ4n) is 2.27. The molecule has 1 aromatic carbocycles. The van der Waals surface area contributed by atoms with Crippen molar-refractivity contribution in [3.8, 4) is 5.75 Å². The van der Waals surface area contributed by atoms with Crippen LogP contribution in [0, 0.1) is 5.92 Å². The van der Waals surface area contributed by atoms with Gasteiger partial charge in [-0.25, -0.2) is 0 Å². The molecule has 2 atom stereocenters. The van der Waals surface area contributed by atoms with Crippen LogP contribution in [0.2, 0.25) is 0 Å². The molecule has 0 spiro atoms. The molecule has 2 N–H and O–H groups in total. The average Bonchev–Trinajstić information content (AvgIpc) is 2.83. The average molecular weight is 284 g/mol. The number of rotatable bonds is 5. The third-order valence-corrected chi connectivity index (χ3v) is 3.43. The van der Waals surface area contributed by atoms with Crippen LogP contribution in [0.15, 0.2) is 24.3 Å². The van der Waals surface area contributed by atoms with Crippen LogP contribution in [-0.4, -0.2) is 25.1 Å². The van der Waals surface area contributed by atoms with E-state index in [0.717, 1.165) is 18.5 Å². The summed E-state index contributed by atoms with van der Waals surface area (Å²) in [5.41, 5.74) is 0.839. The molecule has 1 heterocycles. The number of nitrogens with one attached hydrogen (secondary N) is 2. The monoisotopic (exact) mass is 284 g/mol. The van der Waals surface area contributed by atoms with Gasteiger partial charge in [0.05, 0.1) is 6.04 Å². The summed E-state index contributed by atoms with van der Waals surface area (Å²) in [6.07, 6.45) is 0.998. The molecule has 1 fully saturated rings. The van der Waals surface area contributed by atoms with E-state index in [1.54, 1.807) is 12.1 Å². The Kier molecular flexibility index (Phi) is 4.89. The Morgan fingerprint density at radius 1 is 1.45 bits per heavy atom. The van der Waals surface area contributed by atoms with E-state index in [4.69, 9.17) is 0 Å². The standard InChI is InChI=1S/C14H18F2N2O2/c1-9-6-7-17-12(9)13(19)18-8-10-2-4-11(5-3-10)20-14(15)16/h2-5,9,12,14,17H,6-8H2,1H3,(H,18,19). The Balaban J connectivity index is 1.83. The lowest BCUT2D eigenvalue weighted by Crippen LogP contribution is -2.42. The number of benzene rings is 1. The minimum Gasteiger partial charge on any atom is -0.435 e. The molecule has 0 aliphatic carbocycles. The minimum atomic E-state index is -2.82. The number of halogens is 2. The van der Waals surface area contributed by atoms with Crippen LogP contribution < -0.4 is 15.4 Å². The number of amides is 1. The van der Waals surface area contributed by atoms with Crippen LogP contribution in [0.1, 0.15) is 18.9 Å².